The third-order valence-corrected chi connectivity index (χ3v) is 3.62. The Bertz CT molecular complexity index is 758. The van der Waals surface area contributed by atoms with Crippen LogP contribution in [-0.2, 0) is 12.8 Å². The van der Waals surface area contributed by atoms with Crippen molar-refractivity contribution in [2.75, 3.05) is 0 Å². The largest absolute Gasteiger partial charge is 1.00 e. The number of aromatic nitrogens is 4. The Labute approximate surface area is 162 Å². The maximum absolute atomic E-state index is 3.42. The Morgan fingerprint density at radius 2 is 0.923 bits per heavy atom. The molecule has 0 bridgehead atoms. The molecule has 0 aliphatic carbocycles. The molecule has 0 saturated carbocycles. The van der Waals surface area contributed by atoms with Crippen LogP contribution in [0.3, 0.4) is 0 Å². The summed E-state index contributed by atoms with van der Waals surface area (Å²) in [6.45, 7) is 0. The highest BCUT2D eigenvalue weighted by Gasteiger charge is 2.13. The highest BCUT2D eigenvalue weighted by molar-refractivity contribution is 5.71. The average molecular weight is 407 g/mol. The Balaban J connectivity index is -0.000000882. The van der Waals surface area contributed by atoms with Crippen molar-refractivity contribution in [1.29, 1.82) is 0 Å². The van der Waals surface area contributed by atoms with Crippen LogP contribution in [0.5, 0.6) is 0 Å². The summed E-state index contributed by atoms with van der Waals surface area (Å²) >= 11 is 0. The predicted octanol–water partition coefficient (Wildman–Crippen LogP) is -7.23. The molecule has 0 aliphatic rings. The molecule has 0 atom stereocenters. The van der Waals surface area contributed by atoms with Crippen molar-refractivity contribution in [2.24, 2.45) is 0 Å². The smallest absolute Gasteiger partial charge is 0.253 e. The van der Waals surface area contributed by atoms with Crippen molar-refractivity contribution < 1.29 is 56.7 Å². The van der Waals surface area contributed by atoms with E-state index >= 15 is 0 Å². The van der Waals surface area contributed by atoms with E-state index in [-0.39, 0.29) is 46.7 Å². The molecule has 0 saturated heterocycles. The Morgan fingerprint density at radius 1 is 0.577 bits per heavy atom. The molecule has 146 valence electrons. The molecule has 26 heavy (non-hydrogen) atoms. The van der Waals surface area contributed by atoms with Gasteiger partial charge in [0.15, 0.2) is 22.1 Å². The number of benzene rings is 2. The molecule has 10 heteroatoms. The standard InChI is InChI=1S/C16H14N4.2ClH.4H2O/c1-2-6-12-11(5-1)17-15(18-12)9-10-16-19-13-7-3-4-8-14(13)20-16;;;;;;/h1-8H,9-10H2,(H,17,18)(H,19,20);2*1H;4*1H2. The number of H-pyrrole nitrogens is 4. The molecule has 8 nitrogen and oxygen atoms in total. The van der Waals surface area contributed by atoms with Crippen molar-refractivity contribution in [3.8, 4) is 0 Å². The molecular weight excluding hydrogens is 383 g/mol. The number of para-hydroxylation sites is 4. The van der Waals surface area contributed by atoms with Gasteiger partial charge < -0.3 is 46.7 Å². The Hall–Kier alpha value is -2.20. The van der Waals surface area contributed by atoms with Gasteiger partial charge in [0.2, 0.25) is 0 Å². The maximum atomic E-state index is 3.42. The van der Waals surface area contributed by atoms with Crippen LogP contribution in [0.4, 0.5) is 0 Å². The number of imidazole rings is 2. The lowest BCUT2D eigenvalue weighted by molar-refractivity contribution is -0.366. The van der Waals surface area contributed by atoms with Crippen LogP contribution in [0.2, 0.25) is 0 Å². The molecule has 0 radical (unpaired) electrons. The van der Waals surface area contributed by atoms with E-state index in [2.05, 4.69) is 44.2 Å². The summed E-state index contributed by atoms with van der Waals surface area (Å²) in [5.74, 6) is 2.30. The van der Waals surface area contributed by atoms with Gasteiger partial charge in [-0.1, -0.05) is 24.3 Å². The maximum Gasteiger partial charge on any atom is 0.253 e. The van der Waals surface area contributed by atoms with Gasteiger partial charge in [-0.15, -0.1) is 0 Å². The van der Waals surface area contributed by atoms with E-state index < -0.39 is 0 Å². The third-order valence-electron chi connectivity index (χ3n) is 3.62. The van der Waals surface area contributed by atoms with Crippen LogP contribution >= 0.6 is 0 Å². The molecule has 2 aromatic carbocycles. The normalized spacial score (nSPS) is 8.77. The van der Waals surface area contributed by atoms with Crippen molar-refractivity contribution in [3.63, 3.8) is 0 Å². The van der Waals surface area contributed by atoms with Gasteiger partial charge in [0.05, 0.1) is 12.8 Å². The molecule has 0 spiro atoms. The van der Waals surface area contributed by atoms with E-state index in [1.807, 2.05) is 24.3 Å². The first kappa shape index (κ1) is 28.6. The van der Waals surface area contributed by atoms with Gasteiger partial charge >= 0.3 is 0 Å². The van der Waals surface area contributed by atoms with Gasteiger partial charge in [-0.05, 0) is 24.3 Å². The van der Waals surface area contributed by atoms with Gasteiger partial charge in [0, 0.05) is 0 Å². The molecule has 2 aromatic heterocycles. The fraction of sp³-hybridized carbons (Fsp3) is 0.125. The van der Waals surface area contributed by atoms with Crippen molar-refractivity contribution in [1.82, 2.24) is 9.97 Å². The van der Waals surface area contributed by atoms with Gasteiger partial charge in [-0.25, -0.2) is 19.9 Å². The van der Waals surface area contributed by atoms with Crippen LogP contribution in [-0.4, -0.2) is 31.9 Å². The average Bonchev–Trinajstić information content (AvgIpc) is 3.07. The number of hydrogen-bond acceptors (Lipinski definition) is 0. The van der Waals surface area contributed by atoms with Crippen LogP contribution in [0, 0.1) is 0 Å². The second kappa shape index (κ2) is 12.2. The topological polar surface area (TPSA) is 186 Å². The molecule has 4 rings (SSSR count). The fourth-order valence-corrected chi connectivity index (χ4v) is 2.61. The molecule has 0 unspecified atom stereocenters. The van der Waals surface area contributed by atoms with Crippen LogP contribution in [0.1, 0.15) is 11.6 Å². The first-order chi connectivity index (χ1) is 9.88. The van der Waals surface area contributed by atoms with Crippen LogP contribution < -0.4 is 34.8 Å². The van der Waals surface area contributed by atoms with Gasteiger partial charge in [-0.3, -0.25) is 0 Å². The lowest BCUT2D eigenvalue weighted by Crippen LogP contribution is -3.00. The molecule has 0 fully saturated rings. The number of halogens is 2. The van der Waals surface area contributed by atoms with Gasteiger partial charge in [-0.2, -0.15) is 0 Å². The highest BCUT2D eigenvalue weighted by atomic mass is 35.5. The molecule has 0 aliphatic heterocycles. The number of fused-ring (bicyclic) bond motifs is 2. The fourth-order valence-electron chi connectivity index (χ4n) is 2.61. The number of hydrogen-bond donors (Lipinski definition) is 2. The van der Waals surface area contributed by atoms with Gasteiger partial charge in [0.25, 0.3) is 11.6 Å². The Kier molecular flexibility index (Phi) is 13.4. The zero-order chi connectivity index (χ0) is 13.4. The first-order valence-corrected chi connectivity index (χ1v) is 6.86. The van der Waals surface area contributed by atoms with E-state index in [9.17, 15) is 0 Å². The zero-order valence-corrected chi connectivity index (χ0v) is 15.3. The number of rotatable bonds is 3. The van der Waals surface area contributed by atoms with Crippen molar-refractivity contribution >= 4 is 22.1 Å². The monoisotopic (exact) mass is 406 g/mol. The number of aromatic amines is 4. The Morgan fingerprint density at radius 3 is 1.27 bits per heavy atom. The van der Waals surface area contributed by atoms with Crippen LogP contribution in [0.15, 0.2) is 48.5 Å². The molecule has 0 amide bonds. The predicted molar refractivity (Wildman–Crippen MR) is 91.6 cm³/mol. The lowest BCUT2D eigenvalue weighted by Gasteiger charge is -1.85. The van der Waals surface area contributed by atoms with E-state index in [4.69, 9.17) is 0 Å². The minimum Gasteiger partial charge on any atom is -1.00 e. The van der Waals surface area contributed by atoms with E-state index in [1.165, 1.54) is 0 Å². The second-order valence-corrected chi connectivity index (χ2v) is 5.05. The van der Waals surface area contributed by atoms with Crippen molar-refractivity contribution in [3.05, 3.63) is 60.2 Å². The van der Waals surface area contributed by atoms with Crippen LogP contribution in [0.25, 0.3) is 22.1 Å². The van der Waals surface area contributed by atoms with E-state index in [0.717, 1.165) is 46.6 Å². The summed E-state index contributed by atoms with van der Waals surface area (Å²) in [6.07, 6.45) is 1.88. The van der Waals surface area contributed by atoms with E-state index in [0.29, 0.717) is 0 Å². The second-order valence-electron chi connectivity index (χ2n) is 5.05. The zero-order valence-electron chi connectivity index (χ0n) is 13.8. The van der Waals surface area contributed by atoms with Gasteiger partial charge in [0.1, 0.15) is 0 Å². The highest BCUT2D eigenvalue weighted by Crippen LogP contribution is 2.09. The first-order valence-electron chi connectivity index (χ1n) is 6.86. The molecule has 2 heterocycles. The summed E-state index contributed by atoms with van der Waals surface area (Å²) in [6, 6.07) is 16.5. The molecule has 4 aromatic rings. The summed E-state index contributed by atoms with van der Waals surface area (Å²) in [4.78, 5) is 13.7. The summed E-state index contributed by atoms with van der Waals surface area (Å²) in [5.41, 5.74) is 4.62. The SMILES string of the molecule is O.O.O.O.[Cl-].[Cl-].c1ccc2[nH+]c(CCc3[nH]c4ccccc4[nH+]3)[nH]c2c1. The molecule has 12 N–H and O–H groups in total. The quantitative estimate of drug-likeness (QED) is 0.327. The third kappa shape index (κ3) is 5.67. The minimum atomic E-state index is 0. The molecular formula is C16H24Cl2N4O4. The van der Waals surface area contributed by atoms with Crippen molar-refractivity contribution in [2.45, 2.75) is 12.8 Å². The summed E-state index contributed by atoms with van der Waals surface area (Å²) in [7, 11) is 0. The number of nitrogens with one attached hydrogen (secondary N) is 4. The lowest BCUT2D eigenvalue weighted by atomic mass is 10.3. The minimum absolute atomic E-state index is 0. The summed E-state index contributed by atoms with van der Waals surface area (Å²) in [5, 5.41) is 0. The summed E-state index contributed by atoms with van der Waals surface area (Å²) < 4.78 is 0. The van der Waals surface area contributed by atoms with E-state index in [1.54, 1.807) is 0 Å². The number of aryl methyl sites for hydroxylation is 2.